The predicted molar refractivity (Wildman–Crippen MR) is 297 cm³/mol. The predicted octanol–water partition coefficient (Wildman–Crippen LogP) is 19.3. The number of allylic oxidation sites excluding steroid dienone is 16. The summed E-state index contributed by atoms with van der Waals surface area (Å²) in [5, 5.41) is 0. The minimum absolute atomic E-state index is 0.0977. The number of carbonyl (C=O) groups excluding carboxylic acids is 3. The highest BCUT2D eigenvalue weighted by atomic mass is 16.6. The van der Waals surface area contributed by atoms with Crippen molar-refractivity contribution in [2.45, 2.75) is 271 Å². The smallest absolute Gasteiger partial charge is 0.306 e. The second-order valence-corrected chi connectivity index (χ2v) is 19.0. The Bertz CT molecular complexity index is 1380. The van der Waals surface area contributed by atoms with Gasteiger partial charge in [0.15, 0.2) is 6.10 Å². The van der Waals surface area contributed by atoms with Gasteiger partial charge in [-0.1, -0.05) is 253 Å². The maximum Gasteiger partial charge on any atom is 0.306 e. The van der Waals surface area contributed by atoms with Gasteiger partial charge < -0.3 is 14.2 Å². The molecule has 0 radical (unpaired) electrons. The zero-order chi connectivity index (χ0) is 50.0. The van der Waals surface area contributed by atoms with E-state index in [4.69, 9.17) is 14.2 Å². The maximum atomic E-state index is 12.9. The first-order valence-corrected chi connectivity index (χ1v) is 28.8. The molecule has 394 valence electrons. The molecule has 0 aliphatic carbocycles. The Morgan fingerprint density at radius 1 is 0.304 bits per heavy atom. The molecule has 0 saturated heterocycles. The van der Waals surface area contributed by atoms with E-state index in [1.54, 1.807) is 0 Å². The zero-order valence-electron chi connectivity index (χ0n) is 45.0. The summed E-state index contributed by atoms with van der Waals surface area (Å²) in [7, 11) is 0. The third kappa shape index (κ3) is 55.1. The second-order valence-electron chi connectivity index (χ2n) is 19.0. The summed E-state index contributed by atoms with van der Waals surface area (Å²) < 4.78 is 16.8. The molecular weight excluding hydrogens is 853 g/mol. The second kappa shape index (κ2) is 56.9. The Hall–Kier alpha value is -3.67. The van der Waals surface area contributed by atoms with Crippen LogP contribution < -0.4 is 0 Å². The van der Waals surface area contributed by atoms with Gasteiger partial charge in [0, 0.05) is 19.3 Å². The molecule has 6 heteroatoms. The van der Waals surface area contributed by atoms with Gasteiger partial charge in [-0.2, -0.15) is 0 Å². The Balaban J connectivity index is 4.48. The molecule has 0 aromatic carbocycles. The number of ether oxygens (including phenoxy) is 3. The van der Waals surface area contributed by atoms with Crippen molar-refractivity contribution >= 4 is 17.9 Å². The summed E-state index contributed by atoms with van der Waals surface area (Å²) in [6.07, 6.45) is 75.3. The summed E-state index contributed by atoms with van der Waals surface area (Å²) in [5.41, 5.74) is 0. The first-order chi connectivity index (χ1) is 34.0. The molecule has 0 heterocycles. The van der Waals surface area contributed by atoms with Crippen LogP contribution in [0.2, 0.25) is 0 Å². The van der Waals surface area contributed by atoms with Crippen LogP contribution in [0.4, 0.5) is 0 Å². The van der Waals surface area contributed by atoms with Gasteiger partial charge in [0.25, 0.3) is 0 Å². The topological polar surface area (TPSA) is 78.9 Å². The molecule has 0 aliphatic rings. The first kappa shape index (κ1) is 65.3. The number of rotatable bonds is 51. The van der Waals surface area contributed by atoms with Crippen LogP contribution in [0, 0.1) is 0 Å². The molecule has 0 spiro atoms. The number of hydrogen-bond acceptors (Lipinski definition) is 6. The van der Waals surface area contributed by atoms with Crippen molar-refractivity contribution in [1.29, 1.82) is 0 Å². The summed E-state index contributed by atoms with van der Waals surface area (Å²) in [5.74, 6) is -0.941. The number of carbonyl (C=O) groups is 3. The van der Waals surface area contributed by atoms with Gasteiger partial charge >= 0.3 is 17.9 Å². The van der Waals surface area contributed by atoms with E-state index in [0.29, 0.717) is 19.3 Å². The monoisotopic (exact) mass is 959 g/mol. The highest BCUT2D eigenvalue weighted by Gasteiger charge is 2.19. The van der Waals surface area contributed by atoms with E-state index < -0.39 is 6.10 Å². The fourth-order valence-electron chi connectivity index (χ4n) is 7.85. The standard InChI is InChI=1S/C63H106O6/c1-4-7-10-13-16-19-22-25-28-30-32-35-38-41-44-47-50-53-56-62(65)68-59-60(58-67-61(64)55-52-49-46-43-40-37-34-27-24-21-18-15-12-9-6-3)69-63(66)57-54-51-48-45-42-39-36-33-31-29-26-23-20-17-14-11-8-5-2/h9,12,15,18,21-22,24-25,28-33,35-36,60H,4-8,10-11,13-14,16-17,19-20,23,26-27,34,37-59H2,1-3H3/b12-9-,18-15-,24-21-,25-22-,30-28-,31-29-,35-32-,36-33-. The highest BCUT2D eigenvalue weighted by molar-refractivity contribution is 5.71. The molecule has 0 rings (SSSR count). The highest BCUT2D eigenvalue weighted by Crippen LogP contribution is 2.14. The molecule has 0 aliphatic heterocycles. The van der Waals surface area contributed by atoms with Crippen molar-refractivity contribution in [3.63, 3.8) is 0 Å². The molecule has 0 aromatic rings. The molecule has 0 saturated carbocycles. The lowest BCUT2D eigenvalue weighted by Gasteiger charge is -2.18. The summed E-state index contributed by atoms with van der Waals surface area (Å²) >= 11 is 0. The van der Waals surface area contributed by atoms with E-state index >= 15 is 0 Å². The molecular formula is C63H106O6. The molecule has 0 amide bonds. The van der Waals surface area contributed by atoms with Crippen LogP contribution in [0.1, 0.15) is 265 Å². The van der Waals surface area contributed by atoms with Crippen LogP contribution in [0.25, 0.3) is 0 Å². The average Bonchev–Trinajstić information content (AvgIpc) is 3.35. The van der Waals surface area contributed by atoms with E-state index in [9.17, 15) is 14.4 Å². The van der Waals surface area contributed by atoms with Crippen LogP contribution in [0.15, 0.2) is 97.2 Å². The lowest BCUT2D eigenvalue weighted by molar-refractivity contribution is -0.167. The molecule has 0 aromatic heterocycles. The summed E-state index contributed by atoms with van der Waals surface area (Å²) in [6, 6.07) is 0. The van der Waals surface area contributed by atoms with Gasteiger partial charge in [0.2, 0.25) is 0 Å². The van der Waals surface area contributed by atoms with Gasteiger partial charge in [0.05, 0.1) is 0 Å². The largest absolute Gasteiger partial charge is 0.462 e. The number of esters is 3. The summed E-state index contributed by atoms with van der Waals surface area (Å²) in [6.45, 7) is 6.46. The Morgan fingerprint density at radius 2 is 0.565 bits per heavy atom. The molecule has 6 nitrogen and oxygen atoms in total. The van der Waals surface area contributed by atoms with Crippen molar-refractivity contribution in [2.75, 3.05) is 13.2 Å². The third-order valence-corrected chi connectivity index (χ3v) is 12.2. The van der Waals surface area contributed by atoms with Crippen LogP contribution in [0.3, 0.4) is 0 Å². The van der Waals surface area contributed by atoms with Crippen LogP contribution >= 0.6 is 0 Å². The Kier molecular flexibility index (Phi) is 53.9. The van der Waals surface area contributed by atoms with E-state index in [-0.39, 0.29) is 31.1 Å². The minimum atomic E-state index is -0.801. The molecule has 69 heavy (non-hydrogen) atoms. The minimum Gasteiger partial charge on any atom is -0.462 e. The fourth-order valence-corrected chi connectivity index (χ4v) is 7.85. The van der Waals surface area contributed by atoms with Gasteiger partial charge in [-0.05, 0) is 89.9 Å². The van der Waals surface area contributed by atoms with E-state index in [2.05, 4.69) is 118 Å². The third-order valence-electron chi connectivity index (χ3n) is 12.2. The van der Waals surface area contributed by atoms with Crippen molar-refractivity contribution in [3.8, 4) is 0 Å². The Morgan fingerprint density at radius 3 is 0.884 bits per heavy atom. The van der Waals surface area contributed by atoms with Gasteiger partial charge in [-0.3, -0.25) is 14.4 Å². The Labute approximate surface area is 426 Å². The van der Waals surface area contributed by atoms with Crippen LogP contribution in [-0.2, 0) is 28.6 Å². The molecule has 1 unspecified atom stereocenters. The van der Waals surface area contributed by atoms with Gasteiger partial charge in [0.1, 0.15) is 13.2 Å². The fraction of sp³-hybridized carbons (Fsp3) is 0.698. The SMILES string of the molecule is CC\C=C/C=C\C=C/CCCCCCCCCC(=O)OCC(COC(=O)CCCCCCC\C=C/C=C\C=C/CCCCCCC)OC(=O)CCCCCCC/C=C\C=C/CCCCCCCCC. The number of unbranched alkanes of at least 4 members (excludes halogenated alkanes) is 29. The van der Waals surface area contributed by atoms with Crippen molar-refractivity contribution in [1.82, 2.24) is 0 Å². The van der Waals surface area contributed by atoms with E-state index in [1.807, 2.05) is 0 Å². The molecule has 0 N–H and O–H groups in total. The first-order valence-electron chi connectivity index (χ1n) is 28.8. The van der Waals surface area contributed by atoms with Crippen molar-refractivity contribution < 1.29 is 28.6 Å². The molecule has 0 bridgehead atoms. The van der Waals surface area contributed by atoms with Gasteiger partial charge in [-0.25, -0.2) is 0 Å². The average molecular weight is 960 g/mol. The van der Waals surface area contributed by atoms with Crippen molar-refractivity contribution in [3.05, 3.63) is 97.2 Å². The maximum absolute atomic E-state index is 12.9. The van der Waals surface area contributed by atoms with Gasteiger partial charge in [-0.15, -0.1) is 0 Å². The van der Waals surface area contributed by atoms with Crippen LogP contribution in [0.5, 0.6) is 0 Å². The quantitative estimate of drug-likeness (QED) is 0.0262. The molecule has 0 fully saturated rings. The lowest BCUT2D eigenvalue weighted by Crippen LogP contribution is -2.30. The van der Waals surface area contributed by atoms with Crippen molar-refractivity contribution in [2.24, 2.45) is 0 Å². The normalized spacial score (nSPS) is 12.8. The summed E-state index contributed by atoms with van der Waals surface area (Å²) in [4.78, 5) is 38.2. The molecule has 1 atom stereocenters. The van der Waals surface area contributed by atoms with E-state index in [0.717, 1.165) is 116 Å². The zero-order valence-corrected chi connectivity index (χ0v) is 45.0. The van der Waals surface area contributed by atoms with Crippen LogP contribution in [-0.4, -0.2) is 37.2 Å². The number of hydrogen-bond donors (Lipinski definition) is 0. The van der Waals surface area contributed by atoms with E-state index in [1.165, 1.54) is 109 Å². The lowest BCUT2D eigenvalue weighted by atomic mass is 10.1.